The quantitative estimate of drug-likeness (QED) is 0.824. The standard InChI is InChI=1S/C14H24N2O/c1-11-6-7-12(10-16-11)13(15-4)8-9-14(2,3)17-5/h6-7,10,13,15H,8-9H2,1-5H3. The van der Waals surface area contributed by atoms with E-state index in [9.17, 15) is 0 Å². The number of nitrogens with one attached hydrogen (secondary N) is 1. The van der Waals surface area contributed by atoms with E-state index in [1.807, 2.05) is 20.2 Å². The summed E-state index contributed by atoms with van der Waals surface area (Å²) in [5, 5.41) is 3.34. The van der Waals surface area contributed by atoms with E-state index in [0.29, 0.717) is 6.04 Å². The molecule has 0 aliphatic heterocycles. The van der Waals surface area contributed by atoms with Crippen LogP contribution in [0.4, 0.5) is 0 Å². The number of pyridine rings is 1. The third-order valence-electron chi connectivity index (χ3n) is 3.27. The molecule has 0 aliphatic rings. The summed E-state index contributed by atoms with van der Waals surface area (Å²) >= 11 is 0. The van der Waals surface area contributed by atoms with Gasteiger partial charge >= 0.3 is 0 Å². The lowest BCUT2D eigenvalue weighted by atomic mass is 9.95. The number of aryl methyl sites for hydroxylation is 1. The van der Waals surface area contributed by atoms with E-state index in [0.717, 1.165) is 18.5 Å². The minimum absolute atomic E-state index is 0.0623. The van der Waals surface area contributed by atoms with Gasteiger partial charge in [-0.15, -0.1) is 0 Å². The first-order valence-corrected chi connectivity index (χ1v) is 6.13. The maximum atomic E-state index is 5.44. The number of hydrogen-bond donors (Lipinski definition) is 1. The van der Waals surface area contributed by atoms with Gasteiger partial charge in [0.05, 0.1) is 5.60 Å². The van der Waals surface area contributed by atoms with Gasteiger partial charge < -0.3 is 10.1 Å². The zero-order valence-electron chi connectivity index (χ0n) is 11.6. The summed E-state index contributed by atoms with van der Waals surface area (Å²) in [6, 6.07) is 4.54. The molecule has 0 radical (unpaired) electrons. The van der Waals surface area contributed by atoms with Crippen molar-refractivity contribution in [3.8, 4) is 0 Å². The van der Waals surface area contributed by atoms with E-state index < -0.39 is 0 Å². The van der Waals surface area contributed by atoms with Crippen molar-refractivity contribution in [2.45, 2.75) is 45.3 Å². The average molecular weight is 236 g/mol. The fraction of sp³-hybridized carbons (Fsp3) is 0.643. The Morgan fingerprint density at radius 1 is 1.41 bits per heavy atom. The van der Waals surface area contributed by atoms with Gasteiger partial charge in [-0.3, -0.25) is 4.98 Å². The summed E-state index contributed by atoms with van der Waals surface area (Å²) in [6.45, 7) is 6.24. The van der Waals surface area contributed by atoms with Crippen LogP contribution in [0.1, 0.15) is 44.0 Å². The van der Waals surface area contributed by atoms with Crippen molar-refractivity contribution in [1.29, 1.82) is 0 Å². The average Bonchev–Trinajstić information content (AvgIpc) is 2.32. The van der Waals surface area contributed by atoms with Gasteiger partial charge in [-0.05, 0) is 52.3 Å². The largest absolute Gasteiger partial charge is 0.379 e. The molecule has 0 saturated carbocycles. The van der Waals surface area contributed by atoms with Crippen LogP contribution in [0, 0.1) is 6.92 Å². The highest BCUT2D eigenvalue weighted by Gasteiger charge is 2.19. The summed E-state index contributed by atoms with van der Waals surface area (Å²) in [7, 11) is 3.76. The molecule has 1 N–H and O–H groups in total. The summed E-state index contributed by atoms with van der Waals surface area (Å²) in [5.74, 6) is 0. The van der Waals surface area contributed by atoms with Gasteiger partial charge in [0, 0.05) is 25.0 Å². The van der Waals surface area contributed by atoms with Gasteiger partial charge in [0.15, 0.2) is 0 Å². The Hall–Kier alpha value is -0.930. The van der Waals surface area contributed by atoms with Crippen molar-refractivity contribution in [2.24, 2.45) is 0 Å². The van der Waals surface area contributed by atoms with Crippen LogP contribution in [-0.4, -0.2) is 24.7 Å². The Labute approximate surface area is 105 Å². The molecule has 1 unspecified atom stereocenters. The Morgan fingerprint density at radius 2 is 2.12 bits per heavy atom. The fourth-order valence-electron chi connectivity index (χ4n) is 1.76. The first-order valence-electron chi connectivity index (χ1n) is 6.13. The number of ether oxygens (including phenoxy) is 1. The summed E-state index contributed by atoms with van der Waals surface area (Å²) in [5.41, 5.74) is 2.23. The number of methoxy groups -OCH3 is 1. The molecule has 1 aromatic rings. The van der Waals surface area contributed by atoms with Crippen LogP contribution in [-0.2, 0) is 4.74 Å². The Bertz CT molecular complexity index is 333. The Kier molecular flexibility index (Phi) is 5.09. The molecular weight excluding hydrogens is 212 g/mol. The highest BCUT2D eigenvalue weighted by molar-refractivity contribution is 5.17. The number of aromatic nitrogens is 1. The van der Waals surface area contributed by atoms with Crippen LogP contribution in [0.15, 0.2) is 18.3 Å². The topological polar surface area (TPSA) is 34.1 Å². The second-order valence-corrected chi connectivity index (χ2v) is 5.08. The highest BCUT2D eigenvalue weighted by atomic mass is 16.5. The number of nitrogens with zero attached hydrogens (tertiary/aromatic N) is 1. The van der Waals surface area contributed by atoms with Crippen molar-refractivity contribution in [3.05, 3.63) is 29.6 Å². The summed E-state index contributed by atoms with van der Waals surface area (Å²) < 4.78 is 5.44. The van der Waals surface area contributed by atoms with Gasteiger partial charge in [0.2, 0.25) is 0 Å². The zero-order valence-corrected chi connectivity index (χ0v) is 11.6. The van der Waals surface area contributed by atoms with Crippen LogP contribution in [0.5, 0.6) is 0 Å². The smallest absolute Gasteiger partial charge is 0.0623 e. The SMILES string of the molecule is CNC(CCC(C)(C)OC)c1ccc(C)nc1. The van der Waals surface area contributed by atoms with E-state index in [2.05, 4.69) is 36.3 Å². The van der Waals surface area contributed by atoms with Crippen molar-refractivity contribution in [3.63, 3.8) is 0 Å². The van der Waals surface area contributed by atoms with E-state index in [-0.39, 0.29) is 5.60 Å². The van der Waals surface area contributed by atoms with Gasteiger partial charge in [0.25, 0.3) is 0 Å². The highest BCUT2D eigenvalue weighted by Crippen LogP contribution is 2.23. The van der Waals surface area contributed by atoms with E-state index in [4.69, 9.17) is 4.74 Å². The van der Waals surface area contributed by atoms with Crippen molar-refractivity contribution >= 4 is 0 Å². The molecule has 3 heteroatoms. The van der Waals surface area contributed by atoms with Crippen molar-refractivity contribution in [1.82, 2.24) is 10.3 Å². The zero-order chi connectivity index (χ0) is 12.9. The second-order valence-electron chi connectivity index (χ2n) is 5.08. The number of rotatable bonds is 6. The van der Waals surface area contributed by atoms with E-state index >= 15 is 0 Å². The molecule has 17 heavy (non-hydrogen) atoms. The molecule has 1 rings (SSSR count). The molecule has 1 atom stereocenters. The molecule has 0 saturated heterocycles. The third-order valence-corrected chi connectivity index (χ3v) is 3.27. The van der Waals surface area contributed by atoms with Crippen molar-refractivity contribution in [2.75, 3.05) is 14.2 Å². The Morgan fingerprint density at radius 3 is 2.59 bits per heavy atom. The number of hydrogen-bond acceptors (Lipinski definition) is 3. The van der Waals surface area contributed by atoms with Crippen LogP contribution in [0.25, 0.3) is 0 Å². The summed E-state index contributed by atoms with van der Waals surface area (Å²) in [4.78, 5) is 4.34. The molecular formula is C14H24N2O. The monoisotopic (exact) mass is 236 g/mol. The van der Waals surface area contributed by atoms with Crippen LogP contribution >= 0.6 is 0 Å². The minimum atomic E-state index is -0.0623. The molecule has 96 valence electrons. The van der Waals surface area contributed by atoms with Crippen LogP contribution in [0.2, 0.25) is 0 Å². The predicted octanol–water partition coefficient (Wildman–Crippen LogP) is 2.86. The van der Waals surface area contributed by atoms with Crippen molar-refractivity contribution < 1.29 is 4.74 Å². The fourth-order valence-corrected chi connectivity index (χ4v) is 1.76. The van der Waals surface area contributed by atoms with E-state index in [1.54, 1.807) is 7.11 Å². The normalized spacial score (nSPS) is 13.7. The molecule has 1 heterocycles. The lowest BCUT2D eigenvalue weighted by Crippen LogP contribution is -2.26. The lowest BCUT2D eigenvalue weighted by Gasteiger charge is -2.26. The molecule has 0 spiro atoms. The first kappa shape index (κ1) is 14.1. The van der Waals surface area contributed by atoms with Gasteiger partial charge in [-0.2, -0.15) is 0 Å². The predicted molar refractivity (Wildman–Crippen MR) is 71.1 cm³/mol. The van der Waals surface area contributed by atoms with Crippen LogP contribution in [0.3, 0.4) is 0 Å². The van der Waals surface area contributed by atoms with Gasteiger partial charge in [-0.1, -0.05) is 6.07 Å². The molecule has 0 amide bonds. The molecule has 3 nitrogen and oxygen atoms in total. The molecule has 0 aliphatic carbocycles. The molecule has 0 fully saturated rings. The maximum absolute atomic E-state index is 5.44. The van der Waals surface area contributed by atoms with E-state index in [1.165, 1.54) is 5.56 Å². The minimum Gasteiger partial charge on any atom is -0.379 e. The molecule has 0 bridgehead atoms. The van der Waals surface area contributed by atoms with Gasteiger partial charge in [0.1, 0.15) is 0 Å². The van der Waals surface area contributed by atoms with Crippen LogP contribution < -0.4 is 5.32 Å². The molecule has 0 aromatic carbocycles. The molecule has 1 aromatic heterocycles. The third kappa shape index (κ3) is 4.44. The summed E-state index contributed by atoms with van der Waals surface area (Å²) in [6.07, 6.45) is 4.02. The van der Waals surface area contributed by atoms with Gasteiger partial charge in [-0.25, -0.2) is 0 Å². The second kappa shape index (κ2) is 6.12. The lowest BCUT2D eigenvalue weighted by molar-refractivity contribution is 0.0118. The first-order chi connectivity index (χ1) is 7.98. The Balaban J connectivity index is 2.63. The maximum Gasteiger partial charge on any atom is 0.0623 e.